The van der Waals surface area contributed by atoms with Crippen LogP contribution in [-0.2, 0) is 0 Å². The molecule has 9 heavy (non-hydrogen) atoms. The van der Waals surface area contributed by atoms with Gasteiger partial charge in [0.1, 0.15) is 0 Å². The summed E-state index contributed by atoms with van der Waals surface area (Å²) in [5.41, 5.74) is 2.93. The van der Waals surface area contributed by atoms with Crippen molar-refractivity contribution in [3.63, 3.8) is 0 Å². The van der Waals surface area contributed by atoms with Crippen LogP contribution >= 0.6 is 12.6 Å². The Morgan fingerprint density at radius 3 is 2.67 bits per heavy atom. The Kier molecular flexibility index (Phi) is 2.36. The predicted molar refractivity (Wildman–Crippen MR) is 38.3 cm³/mol. The molecule has 1 aliphatic rings. The van der Waals surface area contributed by atoms with Gasteiger partial charge in [-0.1, -0.05) is 12.6 Å². The maximum Gasteiger partial charge on any atom is 0.292 e. The Hall–Kier alpha value is -0.220. The number of hydrogen-bond acceptors (Lipinski definition) is 2. The second kappa shape index (κ2) is 3.08. The molecule has 0 saturated carbocycles. The molecule has 1 aliphatic heterocycles. The lowest BCUT2D eigenvalue weighted by atomic mass is 10.3. The van der Waals surface area contributed by atoms with E-state index in [1.54, 1.807) is 0 Å². The van der Waals surface area contributed by atoms with Crippen LogP contribution in [-0.4, -0.2) is 23.3 Å². The van der Waals surface area contributed by atoms with Crippen LogP contribution in [0.1, 0.15) is 12.8 Å². The smallest absolute Gasteiger partial charge is 0.269 e. The van der Waals surface area contributed by atoms with E-state index >= 15 is 0 Å². The molecule has 1 fully saturated rings. The Morgan fingerprint density at radius 1 is 1.56 bits per heavy atom. The van der Waals surface area contributed by atoms with E-state index in [0.29, 0.717) is 0 Å². The number of rotatable bonds is 0. The first kappa shape index (κ1) is 6.89. The monoisotopic (exact) mass is 146 g/mol. The fourth-order valence-electron chi connectivity index (χ4n) is 0.851. The molecule has 0 radical (unpaired) electrons. The Bertz CT molecular complexity index is 112. The number of carbonyl (C=O) groups excluding carboxylic acids is 1. The standard InChI is InChI=1S/C5H10N2OS/c8-5(9)7-4-2-1-3-6-7/h6H,1-4H2,(H,8,9). The number of hydrazine groups is 1. The van der Waals surface area contributed by atoms with E-state index in [0.717, 1.165) is 25.9 Å². The highest BCUT2D eigenvalue weighted by Gasteiger charge is 2.11. The zero-order valence-corrected chi connectivity index (χ0v) is 6.03. The highest BCUT2D eigenvalue weighted by Crippen LogP contribution is 2.01. The quantitative estimate of drug-likeness (QED) is 0.491. The maximum atomic E-state index is 10.5. The van der Waals surface area contributed by atoms with Gasteiger partial charge in [0, 0.05) is 13.1 Å². The summed E-state index contributed by atoms with van der Waals surface area (Å²) in [6, 6.07) is 0. The third kappa shape index (κ3) is 1.87. The van der Waals surface area contributed by atoms with Crippen LogP contribution < -0.4 is 5.43 Å². The van der Waals surface area contributed by atoms with Gasteiger partial charge in [0.05, 0.1) is 0 Å². The largest absolute Gasteiger partial charge is 0.292 e. The summed E-state index contributed by atoms with van der Waals surface area (Å²) in [5, 5.41) is 1.35. The SMILES string of the molecule is O=C(S)N1CCCCN1. The van der Waals surface area contributed by atoms with Gasteiger partial charge < -0.3 is 0 Å². The fourth-order valence-corrected chi connectivity index (χ4v) is 1.02. The zero-order chi connectivity index (χ0) is 6.69. The van der Waals surface area contributed by atoms with Crippen LogP contribution in [0.3, 0.4) is 0 Å². The predicted octanol–water partition coefficient (Wildman–Crippen LogP) is 0.637. The van der Waals surface area contributed by atoms with Crippen molar-refractivity contribution in [1.29, 1.82) is 0 Å². The summed E-state index contributed by atoms with van der Waals surface area (Å²) >= 11 is 3.67. The molecule has 4 heteroatoms. The molecule has 0 aromatic heterocycles. The van der Waals surface area contributed by atoms with Gasteiger partial charge in [-0.05, 0) is 12.8 Å². The number of nitrogens with one attached hydrogen (secondary N) is 1. The van der Waals surface area contributed by atoms with Crippen molar-refractivity contribution >= 4 is 17.9 Å². The molecule has 1 saturated heterocycles. The van der Waals surface area contributed by atoms with E-state index in [1.165, 1.54) is 5.01 Å². The highest BCUT2D eigenvalue weighted by molar-refractivity contribution is 7.96. The van der Waals surface area contributed by atoms with Gasteiger partial charge in [0.15, 0.2) is 0 Å². The summed E-state index contributed by atoms with van der Waals surface area (Å²) in [6.45, 7) is 1.69. The van der Waals surface area contributed by atoms with E-state index in [1.807, 2.05) is 0 Å². The summed E-state index contributed by atoms with van der Waals surface area (Å²) < 4.78 is 0. The minimum atomic E-state index is -0.185. The van der Waals surface area contributed by atoms with E-state index in [-0.39, 0.29) is 5.24 Å². The number of carbonyl (C=O) groups is 1. The van der Waals surface area contributed by atoms with Crippen molar-refractivity contribution in [2.24, 2.45) is 0 Å². The molecular weight excluding hydrogens is 136 g/mol. The van der Waals surface area contributed by atoms with Gasteiger partial charge in [-0.3, -0.25) is 9.80 Å². The lowest BCUT2D eigenvalue weighted by Gasteiger charge is -2.25. The maximum absolute atomic E-state index is 10.5. The molecule has 0 aromatic carbocycles. The first-order valence-corrected chi connectivity index (χ1v) is 3.49. The van der Waals surface area contributed by atoms with Crippen molar-refractivity contribution in [3.8, 4) is 0 Å². The molecule has 0 bridgehead atoms. The van der Waals surface area contributed by atoms with Crippen molar-refractivity contribution < 1.29 is 4.79 Å². The third-order valence-corrected chi connectivity index (χ3v) is 1.58. The normalized spacial score (nSPS) is 19.9. The first-order valence-electron chi connectivity index (χ1n) is 3.04. The Morgan fingerprint density at radius 2 is 2.33 bits per heavy atom. The second-order valence-electron chi connectivity index (χ2n) is 2.05. The van der Waals surface area contributed by atoms with Crippen LogP contribution in [0, 0.1) is 0 Å². The van der Waals surface area contributed by atoms with E-state index in [9.17, 15) is 4.79 Å². The molecule has 3 nitrogen and oxygen atoms in total. The lowest BCUT2D eigenvalue weighted by molar-refractivity contribution is 0.178. The lowest BCUT2D eigenvalue weighted by Crippen LogP contribution is -2.44. The van der Waals surface area contributed by atoms with Gasteiger partial charge in [-0.2, -0.15) is 0 Å². The highest BCUT2D eigenvalue weighted by atomic mass is 32.1. The molecule has 52 valence electrons. The topological polar surface area (TPSA) is 32.3 Å². The van der Waals surface area contributed by atoms with Crippen molar-refractivity contribution in [3.05, 3.63) is 0 Å². The van der Waals surface area contributed by atoms with Crippen LogP contribution in [0.5, 0.6) is 0 Å². The number of hydrogen-bond donors (Lipinski definition) is 2. The van der Waals surface area contributed by atoms with Gasteiger partial charge in [0.2, 0.25) is 0 Å². The van der Waals surface area contributed by atoms with E-state index in [2.05, 4.69) is 18.1 Å². The van der Waals surface area contributed by atoms with E-state index < -0.39 is 0 Å². The summed E-state index contributed by atoms with van der Waals surface area (Å²) in [5.74, 6) is 0. The second-order valence-corrected chi connectivity index (χ2v) is 2.43. The van der Waals surface area contributed by atoms with Crippen molar-refractivity contribution in [2.45, 2.75) is 12.8 Å². The molecule has 1 heterocycles. The Balaban J connectivity index is 2.31. The molecule has 1 amide bonds. The van der Waals surface area contributed by atoms with Gasteiger partial charge in [0.25, 0.3) is 5.24 Å². The Labute approximate surface area is 59.8 Å². The van der Waals surface area contributed by atoms with Crippen LogP contribution in [0.4, 0.5) is 4.79 Å². The molecule has 0 unspecified atom stereocenters. The molecule has 0 atom stereocenters. The summed E-state index contributed by atoms with van der Waals surface area (Å²) in [7, 11) is 0. The number of thiol groups is 1. The first-order chi connectivity index (χ1) is 4.30. The average Bonchev–Trinajstić information content (AvgIpc) is 1.90. The number of nitrogens with zero attached hydrogens (tertiary/aromatic N) is 1. The van der Waals surface area contributed by atoms with Crippen LogP contribution in [0.2, 0.25) is 0 Å². The van der Waals surface area contributed by atoms with Gasteiger partial charge in [-0.25, -0.2) is 5.43 Å². The average molecular weight is 146 g/mol. The van der Waals surface area contributed by atoms with Crippen LogP contribution in [0.25, 0.3) is 0 Å². The molecule has 0 spiro atoms. The molecule has 0 aromatic rings. The summed E-state index contributed by atoms with van der Waals surface area (Å²) in [6.07, 6.45) is 2.23. The molecule has 1 N–H and O–H groups in total. The molecule has 1 rings (SSSR count). The van der Waals surface area contributed by atoms with Crippen molar-refractivity contribution in [1.82, 2.24) is 10.4 Å². The molecular formula is C5H10N2OS. The zero-order valence-electron chi connectivity index (χ0n) is 5.13. The number of amides is 1. The fraction of sp³-hybridized carbons (Fsp3) is 0.800. The molecule has 0 aliphatic carbocycles. The van der Waals surface area contributed by atoms with E-state index in [4.69, 9.17) is 0 Å². The van der Waals surface area contributed by atoms with Gasteiger partial charge in [-0.15, -0.1) is 0 Å². The summed E-state index contributed by atoms with van der Waals surface area (Å²) in [4.78, 5) is 10.5. The minimum Gasteiger partial charge on any atom is -0.269 e. The van der Waals surface area contributed by atoms with Crippen LogP contribution in [0.15, 0.2) is 0 Å². The van der Waals surface area contributed by atoms with Crippen molar-refractivity contribution in [2.75, 3.05) is 13.1 Å². The minimum absolute atomic E-state index is 0.185. The third-order valence-electron chi connectivity index (χ3n) is 1.34. The van der Waals surface area contributed by atoms with Gasteiger partial charge >= 0.3 is 0 Å².